The highest BCUT2D eigenvalue weighted by Crippen LogP contribution is 2.17. The molecule has 7 heteroatoms. The molecule has 100 valence electrons. The van der Waals surface area contributed by atoms with Crippen molar-refractivity contribution in [2.24, 2.45) is 0 Å². The van der Waals surface area contributed by atoms with Crippen molar-refractivity contribution in [2.75, 3.05) is 5.73 Å². The SMILES string of the molecule is Cc1cc([N+](=O)[O-])cnc1Br.Cc1cncc(N)c1. The minimum Gasteiger partial charge on any atom is -0.397 e. The zero-order chi connectivity index (χ0) is 14.4. The van der Waals surface area contributed by atoms with Crippen LogP contribution in [0.25, 0.3) is 0 Å². The number of anilines is 1. The molecule has 2 heterocycles. The van der Waals surface area contributed by atoms with Crippen molar-refractivity contribution < 1.29 is 4.92 Å². The summed E-state index contributed by atoms with van der Waals surface area (Å²) in [4.78, 5) is 17.4. The molecule has 0 radical (unpaired) electrons. The first-order chi connectivity index (χ1) is 8.90. The Balaban J connectivity index is 0.000000200. The number of halogens is 1. The van der Waals surface area contributed by atoms with Crippen molar-refractivity contribution in [1.29, 1.82) is 0 Å². The van der Waals surface area contributed by atoms with E-state index in [2.05, 4.69) is 25.9 Å². The normalized spacial score (nSPS) is 9.42. The van der Waals surface area contributed by atoms with Crippen LogP contribution in [0.5, 0.6) is 0 Å². The van der Waals surface area contributed by atoms with Gasteiger partial charge < -0.3 is 5.73 Å². The Morgan fingerprint density at radius 1 is 1.26 bits per heavy atom. The first kappa shape index (κ1) is 15.0. The van der Waals surface area contributed by atoms with Gasteiger partial charge in [0.05, 0.1) is 10.6 Å². The number of nitro groups is 1. The van der Waals surface area contributed by atoms with Gasteiger partial charge in [0.1, 0.15) is 10.8 Å². The molecule has 2 aromatic heterocycles. The molecule has 0 unspecified atom stereocenters. The molecule has 0 aliphatic heterocycles. The minimum absolute atomic E-state index is 0.0192. The van der Waals surface area contributed by atoms with Crippen molar-refractivity contribution >= 4 is 27.3 Å². The summed E-state index contributed by atoms with van der Waals surface area (Å²) < 4.78 is 0.642. The second-order valence-electron chi connectivity index (χ2n) is 3.85. The summed E-state index contributed by atoms with van der Waals surface area (Å²) in [5, 5.41) is 10.2. The highest BCUT2D eigenvalue weighted by atomic mass is 79.9. The van der Waals surface area contributed by atoms with E-state index in [4.69, 9.17) is 5.73 Å². The molecular weight excluding hydrogens is 312 g/mol. The topological polar surface area (TPSA) is 94.9 Å². The Bertz CT molecular complexity index is 572. The third kappa shape index (κ3) is 5.01. The Hall–Kier alpha value is -2.02. The zero-order valence-electron chi connectivity index (χ0n) is 10.5. The Labute approximate surface area is 119 Å². The number of pyridine rings is 2. The van der Waals surface area contributed by atoms with Gasteiger partial charge in [0.25, 0.3) is 5.69 Å². The first-order valence-electron chi connectivity index (χ1n) is 5.34. The lowest BCUT2D eigenvalue weighted by Gasteiger charge is -1.94. The van der Waals surface area contributed by atoms with Crippen LogP contribution in [0.1, 0.15) is 11.1 Å². The fourth-order valence-electron chi connectivity index (χ4n) is 1.22. The van der Waals surface area contributed by atoms with Gasteiger partial charge in [-0.05, 0) is 47.0 Å². The maximum atomic E-state index is 10.2. The summed E-state index contributed by atoms with van der Waals surface area (Å²) in [6.07, 6.45) is 4.63. The van der Waals surface area contributed by atoms with Crippen molar-refractivity contribution in [3.05, 3.63) is 56.6 Å². The third-order valence-electron chi connectivity index (χ3n) is 2.11. The van der Waals surface area contributed by atoms with Gasteiger partial charge in [-0.15, -0.1) is 0 Å². The van der Waals surface area contributed by atoms with E-state index < -0.39 is 4.92 Å². The summed E-state index contributed by atoms with van der Waals surface area (Å²) >= 11 is 3.14. The molecule has 0 saturated heterocycles. The van der Waals surface area contributed by atoms with E-state index in [-0.39, 0.29) is 5.69 Å². The predicted molar refractivity (Wildman–Crippen MR) is 76.7 cm³/mol. The van der Waals surface area contributed by atoms with Crippen molar-refractivity contribution in [3.63, 3.8) is 0 Å². The van der Waals surface area contributed by atoms with Crippen LogP contribution in [-0.2, 0) is 0 Å². The van der Waals surface area contributed by atoms with Gasteiger partial charge in [-0.3, -0.25) is 15.1 Å². The molecule has 2 rings (SSSR count). The van der Waals surface area contributed by atoms with Gasteiger partial charge >= 0.3 is 0 Å². The van der Waals surface area contributed by atoms with E-state index in [1.165, 1.54) is 12.3 Å². The summed E-state index contributed by atoms with van der Waals surface area (Å²) in [7, 11) is 0. The quantitative estimate of drug-likeness (QED) is 0.494. The number of hydrogen-bond donors (Lipinski definition) is 1. The molecule has 2 aromatic rings. The molecule has 6 nitrogen and oxygen atoms in total. The van der Waals surface area contributed by atoms with Crippen LogP contribution in [0.3, 0.4) is 0 Å². The van der Waals surface area contributed by atoms with Crippen molar-refractivity contribution in [3.8, 4) is 0 Å². The lowest BCUT2D eigenvalue weighted by molar-refractivity contribution is -0.385. The van der Waals surface area contributed by atoms with E-state index in [0.717, 1.165) is 16.8 Å². The van der Waals surface area contributed by atoms with Gasteiger partial charge in [0.2, 0.25) is 0 Å². The van der Waals surface area contributed by atoms with Gasteiger partial charge in [-0.1, -0.05) is 0 Å². The zero-order valence-corrected chi connectivity index (χ0v) is 12.1. The van der Waals surface area contributed by atoms with Crippen LogP contribution in [0.15, 0.2) is 35.3 Å². The number of nitrogens with zero attached hydrogens (tertiary/aromatic N) is 3. The predicted octanol–water partition coefficient (Wildman–Crippen LogP) is 3.03. The Morgan fingerprint density at radius 2 is 1.95 bits per heavy atom. The number of hydrogen-bond acceptors (Lipinski definition) is 5. The number of aryl methyl sites for hydroxylation is 2. The summed E-state index contributed by atoms with van der Waals surface area (Å²) in [6, 6.07) is 3.35. The largest absolute Gasteiger partial charge is 0.397 e. The lowest BCUT2D eigenvalue weighted by Crippen LogP contribution is -1.90. The fourth-order valence-corrected chi connectivity index (χ4v) is 1.44. The second-order valence-corrected chi connectivity index (χ2v) is 4.61. The Kier molecular flexibility index (Phi) is 5.37. The van der Waals surface area contributed by atoms with Crippen molar-refractivity contribution in [2.45, 2.75) is 13.8 Å². The molecule has 0 aliphatic carbocycles. The average Bonchev–Trinajstić information content (AvgIpc) is 2.33. The maximum absolute atomic E-state index is 10.2. The molecule has 0 fully saturated rings. The molecule has 0 aliphatic rings. The monoisotopic (exact) mass is 324 g/mol. The summed E-state index contributed by atoms with van der Waals surface area (Å²) in [6.45, 7) is 3.72. The molecule has 19 heavy (non-hydrogen) atoms. The fraction of sp³-hybridized carbons (Fsp3) is 0.167. The average molecular weight is 325 g/mol. The lowest BCUT2D eigenvalue weighted by atomic mass is 10.3. The molecular formula is C12H13BrN4O2. The molecule has 0 atom stereocenters. The van der Waals surface area contributed by atoms with E-state index in [9.17, 15) is 10.1 Å². The second kappa shape index (κ2) is 6.79. The molecule has 0 aromatic carbocycles. The Morgan fingerprint density at radius 3 is 2.37 bits per heavy atom. The van der Waals surface area contributed by atoms with Gasteiger partial charge in [-0.2, -0.15) is 0 Å². The van der Waals surface area contributed by atoms with E-state index in [1.807, 2.05) is 13.0 Å². The first-order valence-corrected chi connectivity index (χ1v) is 6.13. The summed E-state index contributed by atoms with van der Waals surface area (Å²) in [5.41, 5.74) is 8.01. The summed E-state index contributed by atoms with van der Waals surface area (Å²) in [5.74, 6) is 0. The number of nitrogens with two attached hydrogens (primary N) is 1. The van der Waals surface area contributed by atoms with E-state index >= 15 is 0 Å². The van der Waals surface area contributed by atoms with Crippen LogP contribution < -0.4 is 5.73 Å². The number of aromatic nitrogens is 2. The van der Waals surface area contributed by atoms with Gasteiger partial charge in [0, 0.05) is 18.5 Å². The van der Waals surface area contributed by atoms with Gasteiger partial charge in [0.15, 0.2) is 0 Å². The van der Waals surface area contributed by atoms with Crippen LogP contribution in [0.2, 0.25) is 0 Å². The standard InChI is InChI=1S/C6H5BrN2O2.C6H8N2/c1-4-2-5(9(10)11)3-8-6(4)7;1-5-2-6(7)4-8-3-5/h2-3H,1H3;2-4H,7H2,1H3. The van der Waals surface area contributed by atoms with Crippen molar-refractivity contribution in [1.82, 2.24) is 9.97 Å². The smallest absolute Gasteiger partial charge is 0.287 e. The van der Waals surface area contributed by atoms with E-state index in [0.29, 0.717) is 4.60 Å². The van der Waals surface area contributed by atoms with E-state index in [1.54, 1.807) is 19.3 Å². The molecule has 2 N–H and O–H groups in total. The molecule has 0 amide bonds. The minimum atomic E-state index is -0.466. The maximum Gasteiger partial charge on any atom is 0.287 e. The van der Waals surface area contributed by atoms with Crippen LogP contribution in [0, 0.1) is 24.0 Å². The highest BCUT2D eigenvalue weighted by Gasteiger charge is 2.06. The number of nitrogen functional groups attached to an aromatic ring is 1. The van der Waals surface area contributed by atoms with Crippen LogP contribution >= 0.6 is 15.9 Å². The molecule has 0 saturated carbocycles. The molecule has 0 bridgehead atoms. The molecule has 0 spiro atoms. The number of rotatable bonds is 1. The highest BCUT2D eigenvalue weighted by molar-refractivity contribution is 9.10. The third-order valence-corrected chi connectivity index (χ3v) is 2.94. The van der Waals surface area contributed by atoms with Gasteiger partial charge in [-0.25, -0.2) is 4.98 Å². The van der Waals surface area contributed by atoms with Crippen LogP contribution in [-0.4, -0.2) is 14.9 Å². The van der Waals surface area contributed by atoms with Crippen LogP contribution in [0.4, 0.5) is 11.4 Å².